The summed E-state index contributed by atoms with van der Waals surface area (Å²) in [6, 6.07) is 1.88. The molecule has 1 aliphatic rings. The van der Waals surface area contributed by atoms with Gasteiger partial charge >= 0.3 is 0 Å². The molecule has 2 rings (SSSR count). The highest BCUT2D eigenvalue weighted by Crippen LogP contribution is 2.37. The van der Waals surface area contributed by atoms with Gasteiger partial charge in [0.1, 0.15) is 0 Å². The molecule has 0 N–H and O–H groups in total. The van der Waals surface area contributed by atoms with Crippen LogP contribution in [0.15, 0.2) is 12.3 Å². The van der Waals surface area contributed by atoms with Crippen molar-refractivity contribution in [3.63, 3.8) is 0 Å². The van der Waals surface area contributed by atoms with Crippen molar-refractivity contribution < 1.29 is 0 Å². The number of hydrogen-bond donors (Lipinski definition) is 0. The molecule has 0 unspecified atom stereocenters. The fourth-order valence-electron chi connectivity index (χ4n) is 1.84. The molecule has 12 heavy (non-hydrogen) atoms. The maximum atomic E-state index is 6.06. The molecule has 1 nitrogen and oxygen atoms in total. The van der Waals surface area contributed by atoms with E-state index in [1.807, 2.05) is 6.07 Å². The average molecular weight is 182 g/mol. The molecule has 0 saturated carbocycles. The van der Waals surface area contributed by atoms with Crippen LogP contribution in [0.4, 0.5) is 0 Å². The molecule has 0 saturated heterocycles. The zero-order valence-electron chi connectivity index (χ0n) is 7.39. The van der Waals surface area contributed by atoms with Gasteiger partial charge in [0.2, 0.25) is 0 Å². The van der Waals surface area contributed by atoms with Gasteiger partial charge in [0.25, 0.3) is 0 Å². The van der Waals surface area contributed by atoms with Gasteiger partial charge in [-0.2, -0.15) is 0 Å². The highest BCUT2D eigenvalue weighted by atomic mass is 35.5. The van der Waals surface area contributed by atoms with E-state index in [1.165, 1.54) is 11.3 Å². The van der Waals surface area contributed by atoms with Crippen molar-refractivity contribution in [1.29, 1.82) is 0 Å². The second kappa shape index (κ2) is 2.46. The fraction of sp³-hybridized carbons (Fsp3) is 0.500. The van der Waals surface area contributed by atoms with E-state index in [0.717, 1.165) is 17.9 Å². The van der Waals surface area contributed by atoms with E-state index >= 15 is 0 Å². The highest BCUT2D eigenvalue weighted by molar-refractivity contribution is 6.31. The van der Waals surface area contributed by atoms with Gasteiger partial charge in [-0.05, 0) is 29.9 Å². The van der Waals surface area contributed by atoms with E-state index in [-0.39, 0.29) is 0 Å². The molecular formula is C10H12ClN. The minimum absolute atomic E-state index is 0.348. The van der Waals surface area contributed by atoms with Crippen molar-refractivity contribution in [2.75, 3.05) is 0 Å². The van der Waals surface area contributed by atoms with Gasteiger partial charge in [0.05, 0.1) is 0 Å². The quantitative estimate of drug-likeness (QED) is 0.600. The lowest BCUT2D eigenvalue weighted by Gasteiger charge is -2.14. The Bertz CT molecular complexity index is 318. The van der Waals surface area contributed by atoms with Crippen LogP contribution < -0.4 is 0 Å². The largest absolute Gasteiger partial charge is 0.261 e. The van der Waals surface area contributed by atoms with E-state index in [1.54, 1.807) is 6.20 Å². The first-order valence-corrected chi connectivity index (χ1v) is 4.58. The third-order valence-electron chi connectivity index (χ3n) is 2.39. The molecule has 0 aromatic carbocycles. The van der Waals surface area contributed by atoms with Crippen LogP contribution in [0.2, 0.25) is 5.02 Å². The lowest BCUT2D eigenvalue weighted by Crippen LogP contribution is -2.09. The van der Waals surface area contributed by atoms with Crippen LogP contribution in [0.3, 0.4) is 0 Å². The van der Waals surface area contributed by atoms with Gasteiger partial charge in [-0.15, -0.1) is 0 Å². The minimum atomic E-state index is 0.348. The summed E-state index contributed by atoms with van der Waals surface area (Å²) in [7, 11) is 0. The first-order valence-electron chi connectivity index (χ1n) is 4.21. The van der Waals surface area contributed by atoms with Gasteiger partial charge in [-0.3, -0.25) is 4.98 Å². The summed E-state index contributed by atoms with van der Waals surface area (Å²) in [5.74, 6) is 0. The van der Waals surface area contributed by atoms with Crippen LogP contribution in [0, 0.1) is 5.41 Å². The van der Waals surface area contributed by atoms with E-state index in [9.17, 15) is 0 Å². The van der Waals surface area contributed by atoms with Crippen molar-refractivity contribution in [1.82, 2.24) is 4.98 Å². The van der Waals surface area contributed by atoms with Gasteiger partial charge in [0, 0.05) is 16.9 Å². The van der Waals surface area contributed by atoms with Gasteiger partial charge in [-0.25, -0.2) is 0 Å². The van der Waals surface area contributed by atoms with Crippen LogP contribution in [-0.2, 0) is 12.8 Å². The zero-order chi connectivity index (χ0) is 8.77. The standard InChI is InChI=1S/C10H12ClN/c1-10(2)5-7-8(11)3-4-12-9(7)6-10/h3-4H,5-6H2,1-2H3. The van der Waals surface area contributed by atoms with Crippen LogP contribution in [0.1, 0.15) is 25.1 Å². The Balaban J connectivity index is 2.48. The summed E-state index contributed by atoms with van der Waals surface area (Å²) in [6.45, 7) is 4.51. The van der Waals surface area contributed by atoms with Crippen LogP contribution in [-0.4, -0.2) is 4.98 Å². The predicted octanol–water partition coefficient (Wildman–Crippen LogP) is 2.86. The zero-order valence-corrected chi connectivity index (χ0v) is 8.15. The highest BCUT2D eigenvalue weighted by Gasteiger charge is 2.30. The number of rotatable bonds is 0. The third kappa shape index (κ3) is 1.22. The molecule has 1 aromatic rings. The van der Waals surface area contributed by atoms with Gasteiger partial charge in [-0.1, -0.05) is 25.4 Å². The Morgan fingerprint density at radius 3 is 2.83 bits per heavy atom. The second-order valence-electron chi connectivity index (χ2n) is 4.24. The normalized spacial score (nSPS) is 19.2. The lowest BCUT2D eigenvalue weighted by molar-refractivity contribution is 0.390. The third-order valence-corrected chi connectivity index (χ3v) is 2.74. The molecule has 0 aliphatic heterocycles. The van der Waals surface area contributed by atoms with E-state index in [4.69, 9.17) is 11.6 Å². The van der Waals surface area contributed by atoms with E-state index in [2.05, 4.69) is 18.8 Å². The SMILES string of the molecule is CC1(C)Cc2nccc(Cl)c2C1. The van der Waals surface area contributed by atoms with Crippen LogP contribution in [0.5, 0.6) is 0 Å². The molecule has 0 radical (unpaired) electrons. The van der Waals surface area contributed by atoms with Crippen molar-refractivity contribution in [3.05, 3.63) is 28.5 Å². The van der Waals surface area contributed by atoms with E-state index < -0.39 is 0 Å². The van der Waals surface area contributed by atoms with Gasteiger partial charge in [0.15, 0.2) is 0 Å². The van der Waals surface area contributed by atoms with Gasteiger partial charge < -0.3 is 0 Å². The molecule has 2 heteroatoms. The topological polar surface area (TPSA) is 12.9 Å². The van der Waals surface area contributed by atoms with Crippen molar-refractivity contribution in [2.45, 2.75) is 26.7 Å². The number of fused-ring (bicyclic) bond motifs is 1. The van der Waals surface area contributed by atoms with E-state index in [0.29, 0.717) is 5.41 Å². The summed E-state index contributed by atoms with van der Waals surface area (Å²) in [6.07, 6.45) is 3.92. The minimum Gasteiger partial charge on any atom is -0.261 e. The smallest absolute Gasteiger partial charge is 0.0471 e. The number of pyridine rings is 1. The molecule has 0 bridgehead atoms. The summed E-state index contributed by atoms with van der Waals surface area (Å²) in [5, 5.41) is 0.880. The molecule has 0 amide bonds. The molecule has 1 aliphatic carbocycles. The molecule has 0 spiro atoms. The summed E-state index contributed by atoms with van der Waals surface area (Å²) < 4.78 is 0. The molecular weight excluding hydrogens is 170 g/mol. The van der Waals surface area contributed by atoms with Crippen LogP contribution >= 0.6 is 11.6 Å². The van der Waals surface area contributed by atoms with Crippen molar-refractivity contribution in [2.24, 2.45) is 5.41 Å². The first kappa shape index (κ1) is 8.06. The fourth-order valence-corrected chi connectivity index (χ4v) is 2.07. The number of aromatic nitrogens is 1. The Hall–Kier alpha value is -0.560. The van der Waals surface area contributed by atoms with Crippen LogP contribution in [0.25, 0.3) is 0 Å². The monoisotopic (exact) mass is 181 g/mol. The maximum absolute atomic E-state index is 6.06. The summed E-state index contributed by atoms with van der Waals surface area (Å²) >= 11 is 6.06. The Morgan fingerprint density at radius 2 is 2.17 bits per heavy atom. The number of halogens is 1. The molecule has 1 aromatic heterocycles. The molecule has 0 fully saturated rings. The predicted molar refractivity (Wildman–Crippen MR) is 50.4 cm³/mol. The summed E-state index contributed by atoms with van der Waals surface area (Å²) in [5.41, 5.74) is 2.79. The summed E-state index contributed by atoms with van der Waals surface area (Å²) in [4.78, 5) is 4.33. The Kier molecular flexibility index (Phi) is 1.65. The number of nitrogens with zero attached hydrogens (tertiary/aromatic N) is 1. The molecule has 64 valence electrons. The molecule has 0 atom stereocenters. The Labute approximate surface area is 77.8 Å². The Morgan fingerprint density at radius 1 is 1.42 bits per heavy atom. The average Bonchev–Trinajstić information content (AvgIpc) is 2.25. The maximum Gasteiger partial charge on any atom is 0.0471 e. The first-order chi connectivity index (χ1) is 5.58. The lowest BCUT2D eigenvalue weighted by atomic mass is 9.91. The molecule has 1 heterocycles. The van der Waals surface area contributed by atoms with Crippen molar-refractivity contribution >= 4 is 11.6 Å². The van der Waals surface area contributed by atoms with Crippen molar-refractivity contribution in [3.8, 4) is 0 Å². The second-order valence-corrected chi connectivity index (χ2v) is 4.64. The number of hydrogen-bond acceptors (Lipinski definition) is 1.